The zero-order valence-electron chi connectivity index (χ0n) is 15.7. The third-order valence-corrected chi connectivity index (χ3v) is 4.87. The predicted octanol–water partition coefficient (Wildman–Crippen LogP) is 2.81. The Morgan fingerprint density at radius 1 is 1.30 bits per heavy atom. The van der Waals surface area contributed by atoms with Gasteiger partial charge in [-0.25, -0.2) is 9.18 Å². The summed E-state index contributed by atoms with van der Waals surface area (Å²) >= 11 is 0. The van der Waals surface area contributed by atoms with E-state index in [1.807, 2.05) is 4.90 Å². The van der Waals surface area contributed by atoms with E-state index in [0.717, 1.165) is 5.56 Å². The van der Waals surface area contributed by atoms with E-state index in [1.165, 1.54) is 19.2 Å². The van der Waals surface area contributed by atoms with Gasteiger partial charge in [-0.1, -0.05) is 12.1 Å². The summed E-state index contributed by atoms with van der Waals surface area (Å²) < 4.78 is 23.7. The van der Waals surface area contributed by atoms with Gasteiger partial charge in [-0.05, 0) is 37.1 Å². The van der Waals surface area contributed by atoms with Gasteiger partial charge >= 0.3 is 5.97 Å². The zero-order valence-corrected chi connectivity index (χ0v) is 15.7. The van der Waals surface area contributed by atoms with E-state index in [2.05, 4.69) is 4.98 Å². The number of Topliss-reactive ketones (excluding diaryl/α,β-unsaturated/α-hetero) is 1. The van der Waals surface area contributed by atoms with E-state index in [4.69, 9.17) is 9.47 Å². The molecule has 144 valence electrons. The fourth-order valence-electron chi connectivity index (χ4n) is 3.44. The average Bonchev–Trinajstić information content (AvgIpc) is 2.96. The normalized spacial score (nSPS) is 17.7. The van der Waals surface area contributed by atoms with Crippen LogP contribution in [0.2, 0.25) is 0 Å². The molecule has 0 unspecified atom stereocenters. The molecule has 0 amide bonds. The van der Waals surface area contributed by atoms with Gasteiger partial charge in [0.25, 0.3) is 0 Å². The Kier molecular flexibility index (Phi) is 5.72. The lowest BCUT2D eigenvalue weighted by Crippen LogP contribution is -2.41. The van der Waals surface area contributed by atoms with Gasteiger partial charge in [-0.3, -0.25) is 9.69 Å². The highest BCUT2D eigenvalue weighted by molar-refractivity contribution is 6.02. The van der Waals surface area contributed by atoms with Crippen molar-refractivity contribution in [3.8, 4) is 0 Å². The fourth-order valence-corrected chi connectivity index (χ4v) is 3.44. The largest absolute Gasteiger partial charge is 0.465 e. The van der Waals surface area contributed by atoms with E-state index in [0.29, 0.717) is 42.2 Å². The Balaban J connectivity index is 1.71. The maximum Gasteiger partial charge on any atom is 0.339 e. The number of ether oxygens (including phenoxy) is 2. The first-order valence-corrected chi connectivity index (χ1v) is 8.80. The number of ketones is 1. The minimum absolute atomic E-state index is 0.0921. The molecule has 1 saturated heterocycles. The molecule has 1 aromatic carbocycles. The van der Waals surface area contributed by atoms with E-state index in [-0.39, 0.29) is 24.2 Å². The standard InChI is InChI=1S/C20H23FN2O4/c1-12-18(20(25)26-3)13(2)22-19(12)16(24)10-23-8-9-27-17(11-23)14-4-6-15(21)7-5-14/h4-7,17,22H,8-11H2,1-3H3/t17-/m0/s1. The summed E-state index contributed by atoms with van der Waals surface area (Å²) in [4.78, 5) is 29.7. The highest BCUT2D eigenvalue weighted by Gasteiger charge is 2.27. The highest BCUT2D eigenvalue weighted by atomic mass is 19.1. The lowest BCUT2D eigenvalue weighted by molar-refractivity contribution is -0.0275. The number of halogens is 1. The van der Waals surface area contributed by atoms with Crippen molar-refractivity contribution in [3.63, 3.8) is 0 Å². The van der Waals surface area contributed by atoms with Crippen LogP contribution < -0.4 is 0 Å². The number of nitrogens with zero attached hydrogens (tertiary/aromatic N) is 1. The average molecular weight is 374 g/mol. The predicted molar refractivity (Wildman–Crippen MR) is 97.5 cm³/mol. The molecule has 1 N–H and O–H groups in total. The number of carbonyl (C=O) groups excluding carboxylic acids is 2. The van der Waals surface area contributed by atoms with Crippen LogP contribution in [-0.4, -0.2) is 55.0 Å². The Morgan fingerprint density at radius 3 is 2.67 bits per heavy atom. The van der Waals surface area contributed by atoms with Gasteiger partial charge < -0.3 is 14.5 Å². The summed E-state index contributed by atoms with van der Waals surface area (Å²) in [5.41, 5.74) is 2.94. The van der Waals surface area contributed by atoms with Gasteiger partial charge in [0.05, 0.1) is 37.6 Å². The number of aryl methyl sites for hydroxylation is 1. The van der Waals surface area contributed by atoms with Crippen molar-refractivity contribution in [3.05, 3.63) is 58.2 Å². The van der Waals surface area contributed by atoms with Crippen molar-refractivity contribution in [1.29, 1.82) is 0 Å². The van der Waals surface area contributed by atoms with Crippen molar-refractivity contribution < 1.29 is 23.5 Å². The molecule has 0 aliphatic carbocycles. The summed E-state index contributed by atoms with van der Waals surface area (Å²) in [6.07, 6.45) is -0.204. The number of benzene rings is 1. The number of rotatable bonds is 5. The second kappa shape index (κ2) is 8.02. The number of esters is 1. The second-order valence-corrected chi connectivity index (χ2v) is 6.69. The molecule has 6 nitrogen and oxygen atoms in total. The number of aromatic nitrogens is 1. The Hall–Kier alpha value is -2.51. The SMILES string of the molecule is COC(=O)c1c(C)[nH]c(C(=O)CN2CCO[C@H](c3ccc(F)cc3)C2)c1C. The minimum Gasteiger partial charge on any atom is -0.465 e. The summed E-state index contributed by atoms with van der Waals surface area (Å²) in [5, 5.41) is 0. The maximum absolute atomic E-state index is 13.1. The van der Waals surface area contributed by atoms with Crippen LogP contribution >= 0.6 is 0 Å². The smallest absolute Gasteiger partial charge is 0.339 e. The summed E-state index contributed by atoms with van der Waals surface area (Å²) in [7, 11) is 1.32. The quantitative estimate of drug-likeness (QED) is 0.644. The van der Waals surface area contributed by atoms with Gasteiger partial charge in [0.15, 0.2) is 5.78 Å². The highest BCUT2D eigenvalue weighted by Crippen LogP contribution is 2.24. The van der Waals surface area contributed by atoms with Crippen molar-refractivity contribution in [2.75, 3.05) is 33.4 Å². The van der Waals surface area contributed by atoms with Crippen LogP contribution in [0.4, 0.5) is 4.39 Å². The molecule has 1 aliphatic rings. The number of methoxy groups -OCH3 is 1. The molecule has 1 aliphatic heterocycles. The van der Waals surface area contributed by atoms with Crippen LogP contribution in [0.3, 0.4) is 0 Å². The first kappa shape index (κ1) is 19.3. The van der Waals surface area contributed by atoms with Crippen molar-refractivity contribution >= 4 is 11.8 Å². The molecular formula is C20H23FN2O4. The van der Waals surface area contributed by atoms with Gasteiger partial charge in [0.2, 0.25) is 0 Å². The molecule has 3 rings (SSSR count). The second-order valence-electron chi connectivity index (χ2n) is 6.69. The van der Waals surface area contributed by atoms with Gasteiger partial charge in [-0.15, -0.1) is 0 Å². The number of H-pyrrole nitrogens is 1. The summed E-state index contributed by atoms with van der Waals surface area (Å²) in [6.45, 7) is 5.36. The van der Waals surface area contributed by atoms with Crippen LogP contribution in [-0.2, 0) is 9.47 Å². The number of morpholine rings is 1. The van der Waals surface area contributed by atoms with Crippen molar-refractivity contribution in [1.82, 2.24) is 9.88 Å². The summed E-state index contributed by atoms with van der Waals surface area (Å²) in [5.74, 6) is -0.839. The number of nitrogens with one attached hydrogen (secondary N) is 1. The lowest BCUT2D eigenvalue weighted by atomic mass is 10.1. The number of aromatic amines is 1. The van der Waals surface area contributed by atoms with Crippen LogP contribution in [0, 0.1) is 19.7 Å². The van der Waals surface area contributed by atoms with E-state index >= 15 is 0 Å². The van der Waals surface area contributed by atoms with Crippen molar-refractivity contribution in [2.45, 2.75) is 20.0 Å². The molecule has 0 saturated carbocycles. The number of hydrogen-bond acceptors (Lipinski definition) is 5. The topological polar surface area (TPSA) is 71.6 Å². The number of hydrogen-bond donors (Lipinski definition) is 1. The third kappa shape index (κ3) is 4.09. The van der Waals surface area contributed by atoms with E-state index < -0.39 is 5.97 Å². The fraction of sp³-hybridized carbons (Fsp3) is 0.400. The van der Waals surface area contributed by atoms with Gasteiger partial charge in [-0.2, -0.15) is 0 Å². The Morgan fingerprint density at radius 2 is 2.00 bits per heavy atom. The molecular weight excluding hydrogens is 351 g/mol. The monoisotopic (exact) mass is 374 g/mol. The number of carbonyl (C=O) groups is 2. The molecule has 1 atom stereocenters. The Bertz CT molecular complexity index is 844. The first-order chi connectivity index (χ1) is 12.9. The van der Waals surface area contributed by atoms with Crippen LogP contribution in [0.25, 0.3) is 0 Å². The minimum atomic E-state index is -0.456. The van der Waals surface area contributed by atoms with Crippen LogP contribution in [0.5, 0.6) is 0 Å². The molecule has 0 spiro atoms. The molecule has 27 heavy (non-hydrogen) atoms. The van der Waals surface area contributed by atoms with Crippen molar-refractivity contribution in [2.24, 2.45) is 0 Å². The molecule has 0 bridgehead atoms. The molecule has 2 heterocycles. The third-order valence-electron chi connectivity index (χ3n) is 4.87. The molecule has 7 heteroatoms. The van der Waals surface area contributed by atoms with E-state index in [1.54, 1.807) is 26.0 Å². The zero-order chi connectivity index (χ0) is 19.6. The lowest BCUT2D eigenvalue weighted by Gasteiger charge is -2.32. The Labute approximate surface area is 157 Å². The van der Waals surface area contributed by atoms with Crippen LogP contribution in [0.15, 0.2) is 24.3 Å². The van der Waals surface area contributed by atoms with Gasteiger partial charge in [0.1, 0.15) is 5.82 Å². The first-order valence-electron chi connectivity index (χ1n) is 8.80. The summed E-state index contributed by atoms with van der Waals surface area (Å²) in [6, 6.07) is 6.21. The molecule has 2 aromatic rings. The molecule has 1 fully saturated rings. The van der Waals surface area contributed by atoms with Gasteiger partial charge in [0, 0.05) is 18.8 Å². The molecule has 0 radical (unpaired) electrons. The maximum atomic E-state index is 13.1. The molecule has 1 aromatic heterocycles. The van der Waals surface area contributed by atoms with E-state index in [9.17, 15) is 14.0 Å². The van der Waals surface area contributed by atoms with Crippen LogP contribution in [0.1, 0.15) is 43.8 Å².